The van der Waals surface area contributed by atoms with Gasteiger partial charge in [0.05, 0.1) is 26.2 Å². The third kappa shape index (κ3) is 7.18. The molecule has 44 heavy (non-hydrogen) atoms. The molecule has 2 aliphatic heterocycles. The second-order valence-corrected chi connectivity index (χ2v) is 15.2. The second kappa shape index (κ2) is 13.9. The first-order valence-electron chi connectivity index (χ1n) is 15.3. The van der Waals surface area contributed by atoms with Gasteiger partial charge in [-0.3, -0.25) is 10.2 Å². The number of carbonyl (C=O) groups is 1. The molecule has 1 saturated carbocycles. The maximum atomic E-state index is 13.8. The predicted molar refractivity (Wildman–Crippen MR) is 175 cm³/mol. The lowest BCUT2D eigenvalue weighted by Gasteiger charge is -2.26. The molecule has 3 aliphatic rings. The second-order valence-electron chi connectivity index (χ2n) is 11.5. The molecule has 2 aromatic heterocycles. The summed E-state index contributed by atoms with van der Waals surface area (Å²) < 4.78 is 32.4. The molecule has 1 aromatic carbocycles. The summed E-state index contributed by atoms with van der Waals surface area (Å²) in [6.07, 6.45) is 9.43. The topological polar surface area (TPSA) is 99.6 Å². The number of nitrogens with one attached hydrogen (secondary N) is 2. The van der Waals surface area contributed by atoms with Crippen LogP contribution in [0.3, 0.4) is 0 Å². The van der Waals surface area contributed by atoms with Gasteiger partial charge in [-0.1, -0.05) is 54.3 Å². The van der Waals surface area contributed by atoms with E-state index in [1.165, 1.54) is 28.5 Å². The Bertz CT molecular complexity index is 1680. The van der Waals surface area contributed by atoms with Gasteiger partial charge in [-0.2, -0.15) is 22.5 Å². The minimum absolute atomic E-state index is 0.122. The van der Waals surface area contributed by atoms with E-state index in [-0.39, 0.29) is 12.2 Å². The molecule has 6 rings (SSSR count). The molecule has 0 radical (unpaired) electrons. The fourth-order valence-corrected chi connectivity index (χ4v) is 8.70. The fourth-order valence-electron chi connectivity index (χ4n) is 6.04. The summed E-state index contributed by atoms with van der Waals surface area (Å²) in [6, 6.07) is 9.00. The Morgan fingerprint density at radius 3 is 2.43 bits per heavy atom. The molecule has 3 fully saturated rings. The monoisotopic (exact) mass is 674 g/mol. The van der Waals surface area contributed by atoms with Crippen LogP contribution in [-0.2, 0) is 16.8 Å². The van der Waals surface area contributed by atoms with E-state index >= 15 is 0 Å². The first-order chi connectivity index (χ1) is 21.3. The Hall–Kier alpha value is -2.43. The molecular weight excluding hydrogens is 639 g/mol. The number of rotatable bonds is 8. The summed E-state index contributed by atoms with van der Waals surface area (Å²) in [5, 5.41) is 7.52. The van der Waals surface area contributed by atoms with Crippen LogP contribution in [0.25, 0.3) is 16.3 Å². The van der Waals surface area contributed by atoms with Gasteiger partial charge < -0.3 is 0 Å². The smallest absolute Gasteiger partial charge is 0.283 e. The third-order valence-corrected chi connectivity index (χ3v) is 11.5. The number of hydrogen-bond acceptors (Lipinski definition) is 6. The van der Waals surface area contributed by atoms with Gasteiger partial charge in [-0.25, -0.2) is 9.69 Å². The molecule has 0 unspecified atom stereocenters. The van der Waals surface area contributed by atoms with Crippen molar-refractivity contribution in [2.75, 3.05) is 26.2 Å². The van der Waals surface area contributed by atoms with Crippen LogP contribution in [0.1, 0.15) is 78.7 Å². The summed E-state index contributed by atoms with van der Waals surface area (Å²) in [6.45, 7) is 2.31. The van der Waals surface area contributed by atoms with Crippen molar-refractivity contribution in [3.05, 3.63) is 56.5 Å². The highest BCUT2D eigenvalue weighted by Gasteiger charge is 2.31. The number of carbonyl (C=O) groups excluding carboxylic acids is 1. The van der Waals surface area contributed by atoms with Crippen molar-refractivity contribution >= 4 is 50.7 Å². The highest BCUT2D eigenvalue weighted by Crippen LogP contribution is 2.37. The van der Waals surface area contributed by atoms with Gasteiger partial charge in [-0.15, -0.1) is 11.3 Å². The highest BCUT2D eigenvalue weighted by atomic mass is 35.5. The Morgan fingerprint density at radius 1 is 0.977 bits per heavy atom. The number of hydrogen-bond donors (Lipinski definition) is 2. The van der Waals surface area contributed by atoms with Crippen LogP contribution in [0.2, 0.25) is 10.0 Å². The standard InChI is InChI=1S/C31H36Cl2N6O3S2/c32-23-11-14-27(26(33)20-23)39-30(28-15-13-24(43-28)12-10-22-8-2-3-9-22)25(21-34-44(41,42)38-18-6-7-19-38)29(35-39)31(40)36-37-16-4-1-5-17-37/h11,13-15,20,22,34H,1-9,16-19,21H2,(H,36,40). The largest absolute Gasteiger partial charge is 0.286 e. The number of amides is 1. The summed E-state index contributed by atoms with van der Waals surface area (Å²) in [7, 11) is -3.77. The molecule has 1 aliphatic carbocycles. The number of aromatic nitrogens is 2. The molecular formula is C31H36Cl2N6O3S2. The van der Waals surface area contributed by atoms with Gasteiger partial charge in [-0.05, 0) is 68.9 Å². The normalized spacial score (nSPS) is 18.4. The Morgan fingerprint density at radius 2 is 1.70 bits per heavy atom. The van der Waals surface area contributed by atoms with E-state index < -0.39 is 16.1 Å². The van der Waals surface area contributed by atoms with E-state index in [0.29, 0.717) is 46.0 Å². The Balaban J connectivity index is 1.44. The third-order valence-electron chi connectivity index (χ3n) is 8.38. The van der Waals surface area contributed by atoms with Crippen LogP contribution in [-0.4, -0.2) is 59.6 Å². The van der Waals surface area contributed by atoms with Gasteiger partial charge >= 0.3 is 0 Å². The maximum absolute atomic E-state index is 13.8. The van der Waals surface area contributed by atoms with Crippen molar-refractivity contribution in [1.29, 1.82) is 0 Å². The van der Waals surface area contributed by atoms with Crippen LogP contribution in [0.5, 0.6) is 0 Å². The van der Waals surface area contributed by atoms with Crippen molar-refractivity contribution in [3.63, 3.8) is 0 Å². The lowest BCUT2D eigenvalue weighted by Crippen LogP contribution is -2.45. The molecule has 2 saturated heterocycles. The van der Waals surface area contributed by atoms with Gasteiger partial charge in [0.15, 0.2) is 5.69 Å². The average Bonchev–Trinajstić information content (AvgIpc) is 3.83. The van der Waals surface area contributed by atoms with E-state index in [0.717, 1.165) is 67.8 Å². The van der Waals surface area contributed by atoms with E-state index in [9.17, 15) is 13.2 Å². The maximum Gasteiger partial charge on any atom is 0.286 e. The number of halogens is 2. The molecule has 4 heterocycles. The van der Waals surface area contributed by atoms with E-state index in [2.05, 4.69) is 22.0 Å². The highest BCUT2D eigenvalue weighted by molar-refractivity contribution is 7.87. The first kappa shape index (κ1) is 31.5. The average molecular weight is 676 g/mol. The van der Waals surface area contributed by atoms with Crippen molar-refractivity contribution in [2.45, 2.75) is 64.3 Å². The van der Waals surface area contributed by atoms with Gasteiger partial charge in [0.2, 0.25) is 0 Å². The van der Waals surface area contributed by atoms with Crippen LogP contribution < -0.4 is 10.1 Å². The lowest BCUT2D eigenvalue weighted by molar-refractivity contribution is 0.0743. The van der Waals surface area contributed by atoms with Crippen molar-refractivity contribution in [2.24, 2.45) is 5.92 Å². The molecule has 13 heteroatoms. The van der Waals surface area contributed by atoms with Crippen molar-refractivity contribution < 1.29 is 13.2 Å². The SMILES string of the molecule is O=C(NN1CCCCC1)c1nn(-c2ccc(Cl)cc2Cl)c(-c2ccc(C#CC3CCCC3)s2)c1CNS(=O)(=O)N1CCCC1. The molecule has 9 nitrogen and oxygen atoms in total. The molecule has 0 spiro atoms. The Kier molecular flexibility index (Phi) is 9.98. The fraction of sp³-hybridized carbons (Fsp3) is 0.484. The zero-order chi connectivity index (χ0) is 30.7. The summed E-state index contributed by atoms with van der Waals surface area (Å²) in [4.78, 5) is 15.5. The number of hydrazine groups is 1. The van der Waals surface area contributed by atoms with E-state index in [1.807, 2.05) is 17.1 Å². The van der Waals surface area contributed by atoms with Gasteiger partial charge in [0.25, 0.3) is 16.1 Å². The van der Waals surface area contributed by atoms with Crippen LogP contribution in [0.15, 0.2) is 30.3 Å². The van der Waals surface area contributed by atoms with Crippen LogP contribution in [0.4, 0.5) is 0 Å². The lowest BCUT2D eigenvalue weighted by atomic mass is 10.1. The minimum Gasteiger partial charge on any atom is -0.283 e. The summed E-state index contributed by atoms with van der Waals surface area (Å²) in [5.41, 5.74) is 4.72. The summed E-state index contributed by atoms with van der Waals surface area (Å²) >= 11 is 14.4. The number of benzene rings is 1. The molecule has 234 valence electrons. The predicted octanol–water partition coefficient (Wildman–Crippen LogP) is 6.01. The zero-order valence-electron chi connectivity index (χ0n) is 24.4. The summed E-state index contributed by atoms with van der Waals surface area (Å²) in [5.74, 6) is 6.78. The minimum atomic E-state index is -3.77. The van der Waals surface area contributed by atoms with Crippen molar-refractivity contribution in [1.82, 2.24) is 29.2 Å². The van der Waals surface area contributed by atoms with E-state index in [4.69, 9.17) is 28.3 Å². The zero-order valence-corrected chi connectivity index (χ0v) is 27.6. The van der Waals surface area contributed by atoms with Crippen molar-refractivity contribution in [3.8, 4) is 28.1 Å². The van der Waals surface area contributed by atoms with E-state index in [1.54, 1.807) is 22.9 Å². The Labute approximate surface area is 273 Å². The molecule has 0 bridgehead atoms. The molecule has 3 aromatic rings. The number of nitrogens with zero attached hydrogens (tertiary/aromatic N) is 4. The van der Waals surface area contributed by atoms with Crippen LogP contribution >= 0.6 is 34.5 Å². The quantitative estimate of drug-likeness (QED) is 0.285. The van der Waals surface area contributed by atoms with Crippen LogP contribution in [0, 0.1) is 17.8 Å². The first-order valence-corrected chi connectivity index (χ1v) is 18.3. The van der Waals surface area contributed by atoms with Gasteiger partial charge in [0.1, 0.15) is 0 Å². The molecule has 2 N–H and O–H groups in total. The molecule has 0 atom stereocenters. The number of thiophene rings is 1. The number of piperidine rings is 1. The molecule has 1 amide bonds. The van der Waals surface area contributed by atoms with Gasteiger partial charge in [0, 0.05) is 49.2 Å².